The van der Waals surface area contributed by atoms with Crippen LogP contribution in [-0.4, -0.2) is 25.2 Å². The summed E-state index contributed by atoms with van der Waals surface area (Å²) in [6.07, 6.45) is 2.16. The molecule has 0 bridgehead atoms. The molecule has 0 N–H and O–H groups in total. The minimum absolute atomic E-state index is 0.256. The molecule has 0 amide bonds. The third-order valence-electron chi connectivity index (χ3n) is 1.12. The summed E-state index contributed by atoms with van der Waals surface area (Å²) in [6.45, 7) is 2.95. The summed E-state index contributed by atoms with van der Waals surface area (Å²) < 4.78 is 5.09. The van der Waals surface area contributed by atoms with E-state index in [1.54, 1.807) is 0 Å². The Kier molecular flexibility index (Phi) is 7.47. The van der Waals surface area contributed by atoms with Gasteiger partial charge in [-0.15, -0.1) is 11.6 Å². The quantitative estimate of drug-likeness (QED) is 0.436. The van der Waals surface area contributed by atoms with Gasteiger partial charge in [-0.3, -0.25) is 0 Å². The number of hydrogen-bond donors (Lipinski definition) is 0. The zero-order valence-corrected chi connectivity index (χ0v) is 7.06. The lowest BCUT2D eigenvalue weighted by Gasteiger charge is -2.04. The van der Waals surface area contributed by atoms with E-state index in [1.807, 2.05) is 0 Å². The van der Waals surface area contributed by atoms with E-state index in [0.29, 0.717) is 6.61 Å². The van der Waals surface area contributed by atoms with Crippen LogP contribution in [0.2, 0.25) is 0 Å². The molecule has 1 radical (unpaired) electrons. The molecular weight excluding hydrogens is 152 g/mol. The van der Waals surface area contributed by atoms with Crippen LogP contribution in [-0.2, 0) is 9.84 Å². The second-order valence-electron chi connectivity index (χ2n) is 2.19. The first-order chi connectivity index (χ1) is 4.81. The zero-order chi connectivity index (χ0) is 7.82. The second kappa shape index (κ2) is 7.32. The Balaban J connectivity index is 2.89. The van der Waals surface area contributed by atoms with E-state index < -0.39 is 0 Å². The Morgan fingerprint density at radius 2 is 2.30 bits per heavy atom. The first-order valence-electron chi connectivity index (χ1n) is 3.61. The molecule has 0 saturated carbocycles. The van der Waals surface area contributed by atoms with Crippen LogP contribution < -0.4 is 0 Å². The maximum Gasteiger partial charge on any atom is 0.101 e. The summed E-state index contributed by atoms with van der Waals surface area (Å²) in [5.41, 5.74) is 0. The normalized spacial score (nSPS) is 13.5. The van der Waals surface area contributed by atoms with E-state index in [2.05, 4.69) is 6.92 Å². The molecule has 0 saturated heterocycles. The molecule has 0 aromatic rings. The van der Waals surface area contributed by atoms with Crippen LogP contribution in [0.15, 0.2) is 0 Å². The van der Waals surface area contributed by atoms with Crippen molar-refractivity contribution in [3.63, 3.8) is 0 Å². The number of halogens is 1. The van der Waals surface area contributed by atoms with Gasteiger partial charge in [0.05, 0.1) is 12.0 Å². The molecule has 0 aliphatic rings. The van der Waals surface area contributed by atoms with Gasteiger partial charge < -0.3 is 4.74 Å². The average molecular weight is 166 g/mol. The van der Waals surface area contributed by atoms with Crippen molar-refractivity contribution >= 4 is 11.6 Å². The lowest BCUT2D eigenvalue weighted by molar-refractivity contribution is 0.100. The van der Waals surface area contributed by atoms with Gasteiger partial charge in [-0.25, -0.2) is 5.11 Å². The summed E-state index contributed by atoms with van der Waals surface area (Å²) in [6, 6.07) is 0. The molecule has 0 aromatic heterocycles. The lowest BCUT2D eigenvalue weighted by atomic mass is 10.4. The van der Waals surface area contributed by atoms with E-state index in [9.17, 15) is 5.11 Å². The van der Waals surface area contributed by atoms with Gasteiger partial charge in [-0.05, 0) is 6.42 Å². The molecule has 0 fully saturated rings. The third kappa shape index (κ3) is 6.33. The largest absolute Gasteiger partial charge is 0.380 e. The Morgan fingerprint density at radius 1 is 1.60 bits per heavy atom. The molecule has 2 nitrogen and oxygen atoms in total. The Morgan fingerprint density at radius 3 is 2.80 bits per heavy atom. The van der Waals surface area contributed by atoms with Crippen LogP contribution in [0.4, 0.5) is 0 Å². The van der Waals surface area contributed by atoms with E-state index in [0.717, 1.165) is 19.4 Å². The lowest BCUT2D eigenvalue weighted by Crippen LogP contribution is -2.12. The maximum atomic E-state index is 10.1. The molecule has 0 aromatic carbocycles. The van der Waals surface area contributed by atoms with E-state index in [1.165, 1.54) is 0 Å². The summed E-state index contributed by atoms with van der Waals surface area (Å²) in [5, 5.41) is 9.73. The van der Waals surface area contributed by atoms with Crippen LogP contribution in [0, 0.1) is 0 Å². The van der Waals surface area contributed by atoms with Gasteiger partial charge in [0, 0.05) is 6.61 Å². The first kappa shape index (κ1) is 10.2. The van der Waals surface area contributed by atoms with Gasteiger partial charge in [-0.2, -0.15) is 0 Å². The van der Waals surface area contributed by atoms with Gasteiger partial charge in [0.15, 0.2) is 0 Å². The molecule has 3 heteroatoms. The van der Waals surface area contributed by atoms with Gasteiger partial charge >= 0.3 is 0 Å². The number of unbranched alkanes of at least 4 members (excludes halogenated alkanes) is 1. The van der Waals surface area contributed by atoms with Crippen LogP contribution in [0.1, 0.15) is 19.8 Å². The predicted octanol–water partition coefficient (Wildman–Crippen LogP) is 1.84. The van der Waals surface area contributed by atoms with Gasteiger partial charge in [0.25, 0.3) is 0 Å². The van der Waals surface area contributed by atoms with Crippen molar-refractivity contribution in [2.75, 3.05) is 19.8 Å². The fraction of sp³-hybridized carbons (Fsp3) is 1.00. The predicted molar refractivity (Wildman–Crippen MR) is 40.9 cm³/mol. The van der Waals surface area contributed by atoms with Crippen LogP contribution in [0.25, 0.3) is 0 Å². The number of rotatable bonds is 6. The minimum atomic E-state index is -0.350. The number of alkyl halides is 1. The standard InChI is InChI=1S/C7H14ClO2/c1-2-3-4-10-6-7(8)5-9/h7H,2-6H2,1H3. The highest BCUT2D eigenvalue weighted by molar-refractivity contribution is 6.20. The molecule has 1 atom stereocenters. The fourth-order valence-corrected chi connectivity index (χ4v) is 0.595. The van der Waals surface area contributed by atoms with E-state index in [-0.39, 0.29) is 12.0 Å². The van der Waals surface area contributed by atoms with Crippen molar-refractivity contribution in [3.8, 4) is 0 Å². The van der Waals surface area contributed by atoms with Crippen molar-refractivity contribution in [1.29, 1.82) is 0 Å². The summed E-state index contributed by atoms with van der Waals surface area (Å²) >= 11 is 5.51. The molecule has 0 heterocycles. The molecule has 0 spiro atoms. The Hall–Kier alpha value is 0.210. The maximum absolute atomic E-state index is 10.1. The molecule has 10 heavy (non-hydrogen) atoms. The number of ether oxygens (including phenoxy) is 1. The molecular formula is C7H14ClO2. The van der Waals surface area contributed by atoms with Crippen molar-refractivity contribution in [1.82, 2.24) is 0 Å². The van der Waals surface area contributed by atoms with E-state index >= 15 is 0 Å². The van der Waals surface area contributed by atoms with Crippen LogP contribution in [0.3, 0.4) is 0 Å². The highest BCUT2D eigenvalue weighted by Gasteiger charge is 2.01. The number of hydrogen-bond acceptors (Lipinski definition) is 1. The first-order valence-corrected chi connectivity index (χ1v) is 4.04. The molecule has 1 unspecified atom stereocenters. The highest BCUT2D eigenvalue weighted by Crippen LogP contribution is 1.96. The monoisotopic (exact) mass is 165 g/mol. The Labute approximate surface area is 67.1 Å². The smallest absolute Gasteiger partial charge is 0.101 e. The second-order valence-corrected chi connectivity index (χ2v) is 2.81. The summed E-state index contributed by atoms with van der Waals surface area (Å²) in [7, 11) is 0. The molecule has 61 valence electrons. The van der Waals surface area contributed by atoms with Crippen LogP contribution >= 0.6 is 11.6 Å². The molecule has 0 rings (SSSR count). The SMILES string of the molecule is CCCCOCC(Cl)C[O]. The third-order valence-corrected chi connectivity index (χ3v) is 1.37. The average Bonchev–Trinajstić information content (AvgIpc) is 1.98. The minimum Gasteiger partial charge on any atom is -0.380 e. The van der Waals surface area contributed by atoms with Crippen LogP contribution in [0.5, 0.6) is 0 Å². The summed E-state index contributed by atoms with van der Waals surface area (Å²) in [4.78, 5) is 0. The topological polar surface area (TPSA) is 29.1 Å². The van der Waals surface area contributed by atoms with Gasteiger partial charge in [0.1, 0.15) is 6.61 Å². The van der Waals surface area contributed by atoms with Gasteiger partial charge in [-0.1, -0.05) is 13.3 Å². The summed E-state index contributed by atoms with van der Waals surface area (Å²) in [5.74, 6) is 0. The van der Waals surface area contributed by atoms with Crippen molar-refractivity contribution in [2.24, 2.45) is 0 Å². The van der Waals surface area contributed by atoms with E-state index in [4.69, 9.17) is 16.3 Å². The Bertz CT molecular complexity index is 68.6. The fourth-order valence-electron chi connectivity index (χ4n) is 0.506. The molecule has 0 aliphatic heterocycles. The molecule has 0 aliphatic carbocycles. The highest BCUT2D eigenvalue weighted by atomic mass is 35.5. The zero-order valence-electron chi connectivity index (χ0n) is 6.31. The van der Waals surface area contributed by atoms with Crippen molar-refractivity contribution in [3.05, 3.63) is 0 Å². The van der Waals surface area contributed by atoms with Crippen molar-refractivity contribution < 1.29 is 9.84 Å². The van der Waals surface area contributed by atoms with Gasteiger partial charge in [0.2, 0.25) is 0 Å². The van der Waals surface area contributed by atoms with Crippen molar-refractivity contribution in [2.45, 2.75) is 25.1 Å².